The first-order chi connectivity index (χ1) is 10.2. The molecule has 0 aliphatic carbocycles. The fourth-order valence-corrected chi connectivity index (χ4v) is 2.82. The molecule has 1 heterocycles. The van der Waals surface area contributed by atoms with Crippen molar-refractivity contribution in [1.82, 2.24) is 5.32 Å². The number of ether oxygens (including phenoxy) is 1. The first kappa shape index (κ1) is 14.0. The van der Waals surface area contributed by atoms with Gasteiger partial charge in [0, 0.05) is 5.56 Å². The van der Waals surface area contributed by atoms with Crippen LogP contribution in [-0.4, -0.2) is 13.7 Å². The van der Waals surface area contributed by atoms with Crippen LogP contribution in [0.3, 0.4) is 0 Å². The van der Waals surface area contributed by atoms with E-state index in [0.29, 0.717) is 0 Å². The number of benzene rings is 2. The van der Waals surface area contributed by atoms with Gasteiger partial charge in [0.25, 0.3) is 0 Å². The summed E-state index contributed by atoms with van der Waals surface area (Å²) in [5, 5.41) is 3.00. The fraction of sp³-hybridized carbons (Fsp3) is 0.294. The molecule has 1 atom stereocenters. The van der Waals surface area contributed by atoms with Crippen molar-refractivity contribution in [1.29, 1.82) is 0 Å². The van der Waals surface area contributed by atoms with Gasteiger partial charge in [0.15, 0.2) is 0 Å². The second-order valence-electron chi connectivity index (χ2n) is 5.18. The van der Waals surface area contributed by atoms with E-state index >= 15 is 0 Å². The second-order valence-corrected chi connectivity index (χ2v) is 5.18. The van der Waals surface area contributed by atoms with Crippen molar-refractivity contribution in [2.45, 2.75) is 18.9 Å². The summed E-state index contributed by atoms with van der Waals surface area (Å²) >= 11 is 0. The van der Waals surface area contributed by atoms with Crippen LogP contribution in [0.25, 0.3) is 0 Å². The topological polar surface area (TPSA) is 21.3 Å². The van der Waals surface area contributed by atoms with Gasteiger partial charge in [-0.3, -0.25) is 0 Å². The first-order valence-corrected chi connectivity index (χ1v) is 7.07. The molecule has 0 fully saturated rings. The average molecular weight is 289 g/mol. The summed E-state index contributed by atoms with van der Waals surface area (Å²) in [5.41, 5.74) is 1.98. The van der Waals surface area contributed by atoms with Gasteiger partial charge in [-0.2, -0.15) is 0 Å². The molecule has 0 radical (unpaired) electrons. The Kier molecular flexibility index (Phi) is 3.88. The van der Waals surface area contributed by atoms with Gasteiger partial charge < -0.3 is 10.1 Å². The van der Waals surface area contributed by atoms with Gasteiger partial charge in [0.05, 0.1) is 12.6 Å². The predicted molar refractivity (Wildman–Crippen MR) is 77.5 cm³/mol. The average Bonchev–Trinajstić information content (AvgIpc) is 2.50. The van der Waals surface area contributed by atoms with E-state index in [4.69, 9.17) is 4.74 Å². The Hall–Kier alpha value is -1.94. The van der Waals surface area contributed by atoms with Crippen molar-refractivity contribution in [2.75, 3.05) is 13.7 Å². The van der Waals surface area contributed by atoms with E-state index in [2.05, 4.69) is 5.32 Å². The molecule has 0 aromatic heterocycles. The van der Waals surface area contributed by atoms with Crippen LogP contribution in [0, 0.1) is 11.6 Å². The van der Waals surface area contributed by atoms with Crippen LogP contribution in [0.2, 0.25) is 0 Å². The third-order valence-corrected chi connectivity index (χ3v) is 3.84. The van der Waals surface area contributed by atoms with Gasteiger partial charge in [-0.05, 0) is 49.2 Å². The van der Waals surface area contributed by atoms with E-state index in [9.17, 15) is 8.78 Å². The number of nitrogens with one attached hydrogen (secondary N) is 1. The molecule has 2 nitrogen and oxygen atoms in total. The van der Waals surface area contributed by atoms with Crippen LogP contribution in [0.5, 0.6) is 5.75 Å². The zero-order chi connectivity index (χ0) is 14.8. The Balaban J connectivity index is 2.04. The summed E-state index contributed by atoms with van der Waals surface area (Å²) in [7, 11) is 1.70. The summed E-state index contributed by atoms with van der Waals surface area (Å²) in [5.74, 6) is -0.208. The van der Waals surface area contributed by atoms with Crippen LogP contribution >= 0.6 is 0 Å². The van der Waals surface area contributed by atoms with Gasteiger partial charge in [-0.1, -0.05) is 18.2 Å². The molecule has 110 valence electrons. The highest BCUT2D eigenvalue weighted by molar-refractivity contribution is 5.42. The van der Waals surface area contributed by atoms with Crippen LogP contribution in [0.4, 0.5) is 8.78 Å². The molecule has 3 rings (SSSR count). The summed E-state index contributed by atoms with van der Waals surface area (Å²) < 4.78 is 33.6. The van der Waals surface area contributed by atoms with E-state index in [-0.39, 0.29) is 5.56 Å². The molecule has 2 aromatic carbocycles. The third-order valence-electron chi connectivity index (χ3n) is 3.84. The largest absolute Gasteiger partial charge is 0.493 e. The normalized spacial score (nSPS) is 15.2. The minimum atomic E-state index is -0.539. The van der Waals surface area contributed by atoms with E-state index in [0.717, 1.165) is 36.3 Å². The lowest BCUT2D eigenvalue weighted by Crippen LogP contribution is -2.21. The molecular formula is C17H17F2NO. The summed E-state index contributed by atoms with van der Waals surface area (Å²) in [6, 6.07) is 9.14. The van der Waals surface area contributed by atoms with Crippen molar-refractivity contribution in [3.63, 3.8) is 0 Å². The minimum Gasteiger partial charge on any atom is -0.493 e. The van der Waals surface area contributed by atoms with E-state index < -0.39 is 17.7 Å². The van der Waals surface area contributed by atoms with Crippen molar-refractivity contribution in [3.8, 4) is 5.75 Å². The minimum absolute atomic E-state index is 0.0525. The molecular weight excluding hydrogens is 272 g/mol. The summed E-state index contributed by atoms with van der Waals surface area (Å²) in [6.45, 7) is 0.726. The predicted octanol–water partition coefficient (Wildman–Crippen LogP) is 3.60. The SMILES string of the molecule is CNC(c1ccc2c(c1)CCCO2)c1c(F)cccc1F. The van der Waals surface area contributed by atoms with Crippen molar-refractivity contribution < 1.29 is 13.5 Å². The standard InChI is InChI=1S/C17H17F2NO/c1-20-17(16-13(18)5-2-6-14(16)19)12-7-8-15-11(10-12)4-3-9-21-15/h2,5-8,10,17,20H,3-4,9H2,1H3. The molecule has 21 heavy (non-hydrogen) atoms. The zero-order valence-electron chi connectivity index (χ0n) is 11.8. The number of halogens is 2. The molecule has 1 aliphatic rings. The fourth-order valence-electron chi connectivity index (χ4n) is 2.82. The molecule has 1 aliphatic heterocycles. The summed E-state index contributed by atoms with van der Waals surface area (Å²) in [6.07, 6.45) is 1.90. The highest BCUT2D eigenvalue weighted by Gasteiger charge is 2.22. The smallest absolute Gasteiger partial charge is 0.131 e. The lowest BCUT2D eigenvalue weighted by Gasteiger charge is -2.22. The molecule has 0 saturated carbocycles. The van der Waals surface area contributed by atoms with Crippen molar-refractivity contribution >= 4 is 0 Å². The zero-order valence-corrected chi connectivity index (χ0v) is 11.8. The molecule has 0 spiro atoms. The Morgan fingerprint density at radius 2 is 1.90 bits per heavy atom. The molecule has 0 saturated heterocycles. The van der Waals surface area contributed by atoms with Crippen LogP contribution in [0.1, 0.15) is 29.2 Å². The highest BCUT2D eigenvalue weighted by atomic mass is 19.1. The highest BCUT2D eigenvalue weighted by Crippen LogP contribution is 2.32. The maximum absolute atomic E-state index is 14.0. The van der Waals surface area contributed by atoms with Crippen LogP contribution in [-0.2, 0) is 6.42 Å². The van der Waals surface area contributed by atoms with Gasteiger partial charge in [0.2, 0.25) is 0 Å². The number of hydrogen-bond acceptors (Lipinski definition) is 2. The van der Waals surface area contributed by atoms with Crippen molar-refractivity contribution in [2.24, 2.45) is 0 Å². The number of aryl methyl sites for hydroxylation is 1. The van der Waals surface area contributed by atoms with Crippen molar-refractivity contribution in [3.05, 3.63) is 64.7 Å². The Morgan fingerprint density at radius 3 is 2.62 bits per heavy atom. The first-order valence-electron chi connectivity index (χ1n) is 7.07. The van der Waals surface area contributed by atoms with E-state index in [1.807, 2.05) is 18.2 Å². The molecule has 0 bridgehead atoms. The lowest BCUT2D eigenvalue weighted by molar-refractivity contribution is 0.288. The molecule has 4 heteroatoms. The molecule has 1 N–H and O–H groups in total. The third kappa shape index (κ3) is 2.63. The Labute approximate surface area is 122 Å². The Bertz CT molecular complexity index is 637. The van der Waals surface area contributed by atoms with E-state index in [1.165, 1.54) is 18.2 Å². The number of rotatable bonds is 3. The quantitative estimate of drug-likeness (QED) is 0.932. The maximum Gasteiger partial charge on any atom is 0.131 e. The number of hydrogen-bond donors (Lipinski definition) is 1. The summed E-state index contributed by atoms with van der Waals surface area (Å²) in [4.78, 5) is 0. The van der Waals surface area contributed by atoms with Gasteiger partial charge in [-0.25, -0.2) is 8.78 Å². The van der Waals surface area contributed by atoms with Gasteiger partial charge >= 0.3 is 0 Å². The molecule has 0 amide bonds. The van der Waals surface area contributed by atoms with E-state index in [1.54, 1.807) is 7.05 Å². The maximum atomic E-state index is 14.0. The monoisotopic (exact) mass is 289 g/mol. The van der Waals surface area contributed by atoms with Crippen LogP contribution < -0.4 is 10.1 Å². The number of fused-ring (bicyclic) bond motifs is 1. The second kappa shape index (κ2) is 5.82. The lowest BCUT2D eigenvalue weighted by atomic mass is 9.94. The Morgan fingerprint density at radius 1 is 1.14 bits per heavy atom. The molecule has 2 aromatic rings. The van der Waals surface area contributed by atoms with Crippen LogP contribution in [0.15, 0.2) is 36.4 Å². The van der Waals surface area contributed by atoms with Gasteiger partial charge in [0.1, 0.15) is 17.4 Å². The van der Waals surface area contributed by atoms with Gasteiger partial charge in [-0.15, -0.1) is 0 Å². The molecule has 1 unspecified atom stereocenters.